The van der Waals surface area contributed by atoms with Crippen molar-refractivity contribution in [1.29, 1.82) is 0 Å². The van der Waals surface area contributed by atoms with Gasteiger partial charge in [0.25, 0.3) is 0 Å². The fraction of sp³-hybridized carbons (Fsp3) is 0.688. The van der Waals surface area contributed by atoms with E-state index in [0.29, 0.717) is 6.04 Å². The summed E-state index contributed by atoms with van der Waals surface area (Å²) in [7, 11) is 2.18. The Labute approximate surface area is 123 Å². The molecular formula is C16H29N3O. The van der Waals surface area contributed by atoms with E-state index in [0.717, 1.165) is 51.4 Å². The maximum absolute atomic E-state index is 5.32. The Balaban J connectivity index is 2.08. The summed E-state index contributed by atoms with van der Waals surface area (Å²) in [6.45, 7) is 9.04. The molecule has 0 saturated carbocycles. The third-order valence-corrected chi connectivity index (χ3v) is 3.49. The van der Waals surface area contributed by atoms with Gasteiger partial charge in [0, 0.05) is 50.7 Å². The molecule has 0 radical (unpaired) electrons. The van der Waals surface area contributed by atoms with Crippen molar-refractivity contribution < 1.29 is 4.74 Å². The molecule has 1 atom stereocenters. The van der Waals surface area contributed by atoms with Crippen molar-refractivity contribution in [2.75, 3.05) is 39.9 Å². The van der Waals surface area contributed by atoms with Crippen LogP contribution in [0.2, 0.25) is 0 Å². The summed E-state index contributed by atoms with van der Waals surface area (Å²) in [6.07, 6.45) is 3.95. The Kier molecular flexibility index (Phi) is 9.20. The van der Waals surface area contributed by atoms with E-state index >= 15 is 0 Å². The molecule has 0 saturated heterocycles. The van der Waals surface area contributed by atoms with Crippen molar-refractivity contribution in [3.63, 3.8) is 0 Å². The van der Waals surface area contributed by atoms with Crippen molar-refractivity contribution >= 4 is 0 Å². The lowest BCUT2D eigenvalue weighted by molar-refractivity contribution is 0.144. The van der Waals surface area contributed by atoms with Crippen LogP contribution in [0.1, 0.15) is 26.0 Å². The van der Waals surface area contributed by atoms with Gasteiger partial charge >= 0.3 is 0 Å². The van der Waals surface area contributed by atoms with Crippen LogP contribution in [0.4, 0.5) is 0 Å². The normalized spacial score (nSPS) is 12.8. The predicted molar refractivity (Wildman–Crippen MR) is 84.0 cm³/mol. The first-order valence-corrected chi connectivity index (χ1v) is 7.62. The van der Waals surface area contributed by atoms with Crippen LogP contribution in [0.15, 0.2) is 24.4 Å². The van der Waals surface area contributed by atoms with Crippen LogP contribution in [0.25, 0.3) is 0 Å². The third-order valence-electron chi connectivity index (χ3n) is 3.49. The number of hydrogen-bond acceptors (Lipinski definition) is 4. The molecule has 0 fully saturated rings. The Bertz CT molecular complexity index is 332. The summed E-state index contributed by atoms with van der Waals surface area (Å²) < 4.78 is 5.32. The summed E-state index contributed by atoms with van der Waals surface area (Å²) in [5.41, 5.74) is 1.16. The number of nitrogens with one attached hydrogen (secondary N) is 1. The van der Waals surface area contributed by atoms with Crippen LogP contribution in [0, 0.1) is 0 Å². The molecule has 0 spiro atoms. The standard InChI is InChI=1S/C16H29N3O/c1-4-20-13-7-10-17-14-15(2)19(3)12-9-16-8-5-6-11-18-16/h5-6,8,11,15,17H,4,7,9-10,12-14H2,1-3H3. The SMILES string of the molecule is CCOCCCNCC(C)N(C)CCc1ccccn1. The van der Waals surface area contributed by atoms with Crippen LogP contribution in [-0.2, 0) is 11.2 Å². The van der Waals surface area contributed by atoms with Gasteiger partial charge in [-0.25, -0.2) is 0 Å². The van der Waals surface area contributed by atoms with Gasteiger partial charge in [0.15, 0.2) is 0 Å². The molecule has 0 amide bonds. The fourth-order valence-electron chi connectivity index (χ4n) is 1.97. The van der Waals surface area contributed by atoms with Crippen LogP contribution >= 0.6 is 0 Å². The van der Waals surface area contributed by atoms with Gasteiger partial charge in [-0.3, -0.25) is 4.98 Å². The second kappa shape index (κ2) is 10.8. The van der Waals surface area contributed by atoms with E-state index in [9.17, 15) is 0 Å². The van der Waals surface area contributed by atoms with Crippen molar-refractivity contribution in [3.05, 3.63) is 30.1 Å². The molecule has 1 heterocycles. The molecule has 1 aromatic heterocycles. The van der Waals surface area contributed by atoms with E-state index in [4.69, 9.17) is 4.74 Å². The van der Waals surface area contributed by atoms with Crippen molar-refractivity contribution in [2.45, 2.75) is 32.7 Å². The highest BCUT2D eigenvalue weighted by Crippen LogP contribution is 1.99. The Morgan fingerprint density at radius 2 is 2.25 bits per heavy atom. The van der Waals surface area contributed by atoms with Gasteiger partial charge in [-0.15, -0.1) is 0 Å². The summed E-state index contributed by atoms with van der Waals surface area (Å²) in [5, 5.41) is 3.49. The second-order valence-electron chi connectivity index (χ2n) is 5.16. The molecule has 0 aliphatic rings. The van der Waals surface area contributed by atoms with Crippen molar-refractivity contribution in [3.8, 4) is 0 Å². The topological polar surface area (TPSA) is 37.4 Å². The number of hydrogen-bond donors (Lipinski definition) is 1. The first kappa shape index (κ1) is 17.1. The molecule has 0 aliphatic carbocycles. The Morgan fingerprint density at radius 3 is 2.95 bits per heavy atom. The van der Waals surface area contributed by atoms with Gasteiger partial charge in [0.1, 0.15) is 0 Å². The first-order chi connectivity index (χ1) is 9.74. The highest BCUT2D eigenvalue weighted by Gasteiger charge is 2.08. The molecule has 0 aliphatic heterocycles. The minimum absolute atomic E-state index is 0.533. The molecule has 4 nitrogen and oxygen atoms in total. The second-order valence-corrected chi connectivity index (χ2v) is 5.16. The maximum Gasteiger partial charge on any atom is 0.0477 e. The number of nitrogens with zero attached hydrogens (tertiary/aromatic N) is 2. The smallest absolute Gasteiger partial charge is 0.0477 e. The lowest BCUT2D eigenvalue weighted by Crippen LogP contribution is -2.39. The fourth-order valence-corrected chi connectivity index (χ4v) is 1.97. The minimum Gasteiger partial charge on any atom is -0.382 e. The molecule has 1 aromatic rings. The number of pyridine rings is 1. The molecule has 1 N–H and O–H groups in total. The first-order valence-electron chi connectivity index (χ1n) is 7.62. The third kappa shape index (κ3) is 7.58. The van der Waals surface area contributed by atoms with E-state index in [1.807, 2.05) is 25.3 Å². The highest BCUT2D eigenvalue weighted by atomic mass is 16.5. The zero-order chi connectivity index (χ0) is 14.6. The molecule has 20 heavy (non-hydrogen) atoms. The van der Waals surface area contributed by atoms with E-state index in [1.165, 1.54) is 0 Å². The van der Waals surface area contributed by atoms with Crippen LogP contribution in [0.3, 0.4) is 0 Å². The largest absolute Gasteiger partial charge is 0.382 e. The summed E-state index contributed by atoms with van der Waals surface area (Å²) in [4.78, 5) is 6.74. The molecule has 4 heteroatoms. The van der Waals surface area contributed by atoms with Crippen molar-refractivity contribution in [1.82, 2.24) is 15.2 Å². The monoisotopic (exact) mass is 279 g/mol. The van der Waals surface area contributed by atoms with E-state index in [-0.39, 0.29) is 0 Å². The minimum atomic E-state index is 0.533. The highest BCUT2D eigenvalue weighted by molar-refractivity contribution is 5.03. The molecular weight excluding hydrogens is 250 g/mol. The summed E-state index contributed by atoms with van der Waals surface area (Å²) in [6, 6.07) is 6.63. The van der Waals surface area contributed by atoms with Crippen LogP contribution in [0.5, 0.6) is 0 Å². The molecule has 0 bridgehead atoms. The average Bonchev–Trinajstić information content (AvgIpc) is 2.49. The quantitative estimate of drug-likeness (QED) is 0.628. The zero-order valence-corrected chi connectivity index (χ0v) is 13.1. The van der Waals surface area contributed by atoms with E-state index < -0.39 is 0 Å². The number of likely N-dealkylation sites (N-methyl/N-ethyl adjacent to an activating group) is 1. The van der Waals surface area contributed by atoms with Crippen LogP contribution < -0.4 is 5.32 Å². The van der Waals surface area contributed by atoms with Gasteiger partial charge < -0.3 is 15.0 Å². The Hall–Kier alpha value is -0.970. The van der Waals surface area contributed by atoms with E-state index in [2.05, 4.69) is 35.2 Å². The van der Waals surface area contributed by atoms with Crippen LogP contribution in [-0.4, -0.2) is 55.8 Å². The summed E-state index contributed by atoms with van der Waals surface area (Å²) >= 11 is 0. The van der Waals surface area contributed by atoms with Gasteiger partial charge in [0.2, 0.25) is 0 Å². The Morgan fingerprint density at radius 1 is 1.40 bits per heavy atom. The zero-order valence-electron chi connectivity index (χ0n) is 13.1. The molecule has 114 valence electrons. The van der Waals surface area contributed by atoms with Crippen molar-refractivity contribution in [2.24, 2.45) is 0 Å². The predicted octanol–water partition coefficient (Wildman–Crippen LogP) is 1.96. The number of rotatable bonds is 11. The van der Waals surface area contributed by atoms with Gasteiger partial charge in [-0.05, 0) is 46.0 Å². The maximum atomic E-state index is 5.32. The van der Waals surface area contributed by atoms with Gasteiger partial charge in [0.05, 0.1) is 0 Å². The summed E-state index contributed by atoms with van der Waals surface area (Å²) in [5.74, 6) is 0. The number of ether oxygens (including phenoxy) is 1. The van der Waals surface area contributed by atoms with Gasteiger partial charge in [-0.1, -0.05) is 6.07 Å². The molecule has 1 unspecified atom stereocenters. The van der Waals surface area contributed by atoms with Gasteiger partial charge in [-0.2, -0.15) is 0 Å². The lowest BCUT2D eigenvalue weighted by Gasteiger charge is -2.24. The average molecular weight is 279 g/mol. The molecule has 1 rings (SSSR count). The lowest BCUT2D eigenvalue weighted by atomic mass is 10.2. The molecule has 0 aromatic carbocycles. The number of aromatic nitrogens is 1. The van der Waals surface area contributed by atoms with E-state index in [1.54, 1.807) is 0 Å².